The summed E-state index contributed by atoms with van der Waals surface area (Å²) in [5.74, 6) is -4.46. The Balaban J connectivity index is 1.83. The lowest BCUT2D eigenvalue weighted by Gasteiger charge is -2.23. The van der Waals surface area contributed by atoms with Gasteiger partial charge in [0.05, 0.1) is 11.1 Å². The van der Waals surface area contributed by atoms with E-state index >= 15 is 0 Å². The van der Waals surface area contributed by atoms with Gasteiger partial charge in [0.1, 0.15) is 0 Å². The van der Waals surface area contributed by atoms with Gasteiger partial charge in [-0.3, -0.25) is 4.79 Å². The topological polar surface area (TPSA) is 119 Å². The molecule has 33 heavy (non-hydrogen) atoms. The Hall–Kier alpha value is -4.46. The highest BCUT2D eigenvalue weighted by molar-refractivity contribution is 5.96. The molecule has 0 unspecified atom stereocenters. The molecule has 0 aliphatic heterocycles. The molecule has 0 radical (unpaired) electrons. The zero-order valence-electron chi connectivity index (χ0n) is 17.4. The number of nitrogens with one attached hydrogen (secondary N) is 1. The molecule has 3 aromatic rings. The van der Waals surface area contributed by atoms with Crippen LogP contribution in [0.25, 0.3) is 0 Å². The van der Waals surface area contributed by atoms with Crippen molar-refractivity contribution >= 4 is 23.8 Å². The minimum absolute atomic E-state index is 0.0536. The molecule has 0 saturated carbocycles. The molecule has 0 aliphatic rings. The summed E-state index contributed by atoms with van der Waals surface area (Å²) >= 11 is 0. The van der Waals surface area contributed by atoms with Gasteiger partial charge in [-0.25, -0.2) is 14.4 Å². The van der Waals surface area contributed by atoms with Crippen LogP contribution in [0.15, 0.2) is 91.0 Å². The molecule has 0 aromatic heterocycles. The third kappa shape index (κ3) is 6.51. The molecular weight excluding hydrogens is 426 g/mol. The number of hydrogen-bond acceptors (Lipinski definition) is 6. The highest BCUT2D eigenvalue weighted by Gasteiger charge is 2.40. The van der Waals surface area contributed by atoms with Gasteiger partial charge in [-0.05, 0) is 29.8 Å². The van der Waals surface area contributed by atoms with Gasteiger partial charge in [0.15, 0.2) is 0 Å². The molecule has 3 aromatic carbocycles. The van der Waals surface area contributed by atoms with E-state index < -0.39 is 36.0 Å². The van der Waals surface area contributed by atoms with Gasteiger partial charge in [0.25, 0.3) is 5.91 Å². The fourth-order valence-electron chi connectivity index (χ4n) is 2.90. The van der Waals surface area contributed by atoms with Crippen LogP contribution in [-0.4, -0.2) is 41.1 Å². The first-order chi connectivity index (χ1) is 16.0. The summed E-state index contributed by atoms with van der Waals surface area (Å²) < 4.78 is 10.3. The van der Waals surface area contributed by atoms with Gasteiger partial charge in [0.2, 0.25) is 12.2 Å². The van der Waals surface area contributed by atoms with Gasteiger partial charge in [-0.15, -0.1) is 0 Å². The number of aliphatic carboxylic acids is 1. The summed E-state index contributed by atoms with van der Waals surface area (Å²) in [4.78, 5) is 49.9. The monoisotopic (exact) mass is 447 g/mol. The summed E-state index contributed by atoms with van der Waals surface area (Å²) in [6, 6.07) is 24.3. The molecule has 0 aliphatic carbocycles. The van der Waals surface area contributed by atoms with Crippen LogP contribution in [0.2, 0.25) is 0 Å². The lowest BCUT2D eigenvalue weighted by atomic mass is 10.1. The Morgan fingerprint density at radius 2 is 1.09 bits per heavy atom. The molecule has 0 heterocycles. The summed E-state index contributed by atoms with van der Waals surface area (Å²) in [6.07, 6.45) is -3.99. The second-order valence-electron chi connectivity index (χ2n) is 6.93. The standard InChI is InChI=1S/C25H21NO7/c27-22(26-16-17-10-4-1-5-11-17)20(32-24(30)18-12-6-2-7-13-18)21(23(28)29)33-25(31)19-14-8-3-9-15-19/h1-15,20-21H,16H2,(H,26,27)(H,28,29)/t20-,21-/m1/s1. The maximum Gasteiger partial charge on any atom is 0.349 e. The Morgan fingerprint density at radius 1 is 0.667 bits per heavy atom. The smallest absolute Gasteiger partial charge is 0.349 e. The molecule has 2 N–H and O–H groups in total. The van der Waals surface area contributed by atoms with Crippen molar-refractivity contribution in [2.24, 2.45) is 0 Å². The molecule has 8 heteroatoms. The van der Waals surface area contributed by atoms with Crippen LogP contribution in [0.1, 0.15) is 26.3 Å². The zero-order chi connectivity index (χ0) is 23.6. The van der Waals surface area contributed by atoms with E-state index in [0.29, 0.717) is 0 Å². The van der Waals surface area contributed by atoms with Crippen molar-refractivity contribution in [1.82, 2.24) is 5.32 Å². The van der Waals surface area contributed by atoms with Crippen molar-refractivity contribution in [3.8, 4) is 0 Å². The first-order valence-electron chi connectivity index (χ1n) is 10.0. The second kappa shape index (κ2) is 11.2. The van der Waals surface area contributed by atoms with Gasteiger partial charge in [0, 0.05) is 6.54 Å². The predicted molar refractivity (Wildman–Crippen MR) is 117 cm³/mol. The van der Waals surface area contributed by atoms with Crippen LogP contribution in [0, 0.1) is 0 Å². The molecule has 2 atom stereocenters. The van der Waals surface area contributed by atoms with Gasteiger partial charge in [-0.1, -0.05) is 66.7 Å². The normalized spacial score (nSPS) is 12.1. The number of benzene rings is 3. The number of carbonyl (C=O) groups excluding carboxylic acids is 3. The number of rotatable bonds is 9. The van der Waals surface area contributed by atoms with E-state index in [0.717, 1.165) is 5.56 Å². The predicted octanol–water partition coefficient (Wildman–Crippen LogP) is 2.84. The highest BCUT2D eigenvalue weighted by atomic mass is 16.6. The van der Waals surface area contributed by atoms with Crippen molar-refractivity contribution in [3.63, 3.8) is 0 Å². The van der Waals surface area contributed by atoms with Crippen LogP contribution in [-0.2, 0) is 25.6 Å². The van der Waals surface area contributed by atoms with E-state index in [1.807, 2.05) is 0 Å². The second-order valence-corrected chi connectivity index (χ2v) is 6.93. The fraction of sp³-hybridized carbons (Fsp3) is 0.120. The van der Waals surface area contributed by atoms with Crippen LogP contribution >= 0.6 is 0 Å². The van der Waals surface area contributed by atoms with E-state index in [2.05, 4.69) is 5.32 Å². The minimum Gasteiger partial charge on any atom is -0.478 e. The Labute approximate surface area is 189 Å². The van der Waals surface area contributed by atoms with Gasteiger partial charge in [-0.2, -0.15) is 0 Å². The van der Waals surface area contributed by atoms with Crippen LogP contribution in [0.3, 0.4) is 0 Å². The van der Waals surface area contributed by atoms with Gasteiger partial charge < -0.3 is 19.9 Å². The summed E-state index contributed by atoms with van der Waals surface area (Å²) in [5.41, 5.74) is 0.936. The SMILES string of the molecule is O=C(O[C@@H](C(=O)O)[C@@H](OC(=O)c1ccccc1)C(=O)NCc1ccccc1)c1ccccc1. The van der Waals surface area contributed by atoms with E-state index in [9.17, 15) is 24.3 Å². The summed E-state index contributed by atoms with van der Waals surface area (Å²) in [5, 5.41) is 12.2. The average Bonchev–Trinajstić information content (AvgIpc) is 2.86. The first kappa shape index (κ1) is 23.2. The molecule has 0 saturated heterocycles. The molecule has 0 bridgehead atoms. The van der Waals surface area contributed by atoms with Crippen LogP contribution < -0.4 is 5.32 Å². The molecular formula is C25H21NO7. The lowest BCUT2D eigenvalue weighted by Crippen LogP contribution is -2.50. The van der Waals surface area contributed by atoms with E-state index in [1.165, 1.54) is 24.3 Å². The molecule has 3 rings (SSSR count). The van der Waals surface area contributed by atoms with E-state index in [4.69, 9.17) is 9.47 Å². The zero-order valence-corrected chi connectivity index (χ0v) is 17.4. The highest BCUT2D eigenvalue weighted by Crippen LogP contribution is 2.14. The number of esters is 2. The van der Waals surface area contributed by atoms with Crippen molar-refractivity contribution < 1.29 is 33.8 Å². The van der Waals surface area contributed by atoms with Gasteiger partial charge >= 0.3 is 17.9 Å². The van der Waals surface area contributed by atoms with E-state index in [1.54, 1.807) is 66.7 Å². The maximum absolute atomic E-state index is 12.9. The van der Waals surface area contributed by atoms with Crippen LogP contribution in [0.5, 0.6) is 0 Å². The Morgan fingerprint density at radius 3 is 1.55 bits per heavy atom. The number of amides is 1. The summed E-state index contributed by atoms with van der Waals surface area (Å²) in [7, 11) is 0. The molecule has 8 nitrogen and oxygen atoms in total. The third-order valence-corrected chi connectivity index (χ3v) is 4.57. The van der Waals surface area contributed by atoms with Crippen LogP contribution in [0.4, 0.5) is 0 Å². The largest absolute Gasteiger partial charge is 0.478 e. The maximum atomic E-state index is 12.9. The van der Waals surface area contributed by atoms with Crippen molar-refractivity contribution in [1.29, 1.82) is 0 Å². The number of ether oxygens (including phenoxy) is 2. The molecule has 0 spiro atoms. The van der Waals surface area contributed by atoms with Crippen molar-refractivity contribution in [2.45, 2.75) is 18.8 Å². The number of hydrogen-bond donors (Lipinski definition) is 2. The first-order valence-corrected chi connectivity index (χ1v) is 10.0. The van der Waals surface area contributed by atoms with Crippen molar-refractivity contribution in [2.75, 3.05) is 0 Å². The fourth-order valence-corrected chi connectivity index (χ4v) is 2.90. The van der Waals surface area contributed by atoms with E-state index in [-0.39, 0.29) is 17.7 Å². The molecule has 168 valence electrons. The molecule has 0 fully saturated rings. The third-order valence-electron chi connectivity index (χ3n) is 4.57. The van der Waals surface area contributed by atoms with Crippen molar-refractivity contribution in [3.05, 3.63) is 108 Å². The minimum atomic E-state index is -2.07. The quantitative estimate of drug-likeness (QED) is 0.484. The number of carboxylic acid groups (broad SMARTS) is 1. The Bertz CT molecular complexity index is 1100. The number of carboxylic acids is 1. The average molecular weight is 447 g/mol. The lowest BCUT2D eigenvalue weighted by molar-refractivity contribution is -0.159. The summed E-state index contributed by atoms with van der Waals surface area (Å²) in [6.45, 7) is 0.0536. The Kier molecular flexibility index (Phi) is 7.91. The number of carbonyl (C=O) groups is 4. The molecule has 1 amide bonds.